The smallest absolute Gasteiger partial charge is 0.243 e. The lowest BCUT2D eigenvalue weighted by Gasteiger charge is -2.21. The Balaban J connectivity index is 1.87. The Hall–Kier alpha value is -1.79. The van der Waals surface area contributed by atoms with Gasteiger partial charge in [0.25, 0.3) is 0 Å². The number of anilines is 1. The molecule has 0 amide bonds. The summed E-state index contributed by atoms with van der Waals surface area (Å²) in [6, 6.07) is 7.09. The Morgan fingerprint density at radius 3 is 2.95 bits per heavy atom. The first-order chi connectivity index (χ1) is 10.1. The van der Waals surface area contributed by atoms with E-state index in [9.17, 15) is 8.42 Å². The zero-order valence-corrected chi connectivity index (χ0v) is 12.7. The summed E-state index contributed by atoms with van der Waals surface area (Å²) in [5, 5.41) is 3.26. The Morgan fingerprint density at radius 1 is 1.33 bits per heavy atom. The van der Waals surface area contributed by atoms with Crippen LogP contribution in [0.25, 0.3) is 0 Å². The fourth-order valence-electron chi connectivity index (χ4n) is 2.51. The number of hydrogen-bond acceptors (Lipinski definition) is 4. The van der Waals surface area contributed by atoms with Crippen molar-refractivity contribution in [2.75, 3.05) is 18.9 Å². The van der Waals surface area contributed by atoms with Crippen LogP contribution in [0.3, 0.4) is 0 Å². The highest BCUT2D eigenvalue weighted by atomic mass is 32.2. The standard InChI is InChI=1S/C15H18N2O3S/c1-17(10-12-6-8-20-11-12)21(18,19)14-5-4-13-3-2-7-16-15(13)9-14/h4-6,8-9,11,16H,2-3,7,10H2,1H3. The predicted molar refractivity (Wildman–Crippen MR) is 80.6 cm³/mol. The van der Waals surface area contributed by atoms with Crippen LogP contribution >= 0.6 is 0 Å². The van der Waals surface area contributed by atoms with Gasteiger partial charge >= 0.3 is 0 Å². The van der Waals surface area contributed by atoms with Crippen molar-refractivity contribution in [3.8, 4) is 0 Å². The van der Waals surface area contributed by atoms with Crippen molar-refractivity contribution in [2.45, 2.75) is 24.3 Å². The van der Waals surface area contributed by atoms with Gasteiger partial charge in [-0.2, -0.15) is 4.31 Å². The molecule has 21 heavy (non-hydrogen) atoms. The first-order valence-corrected chi connectivity index (χ1v) is 8.35. The van der Waals surface area contributed by atoms with Crippen molar-refractivity contribution in [3.63, 3.8) is 0 Å². The van der Waals surface area contributed by atoms with Crippen LogP contribution in [0.15, 0.2) is 46.1 Å². The fraction of sp³-hybridized carbons (Fsp3) is 0.333. The van der Waals surface area contributed by atoms with Crippen LogP contribution in [0.2, 0.25) is 0 Å². The molecule has 1 aromatic carbocycles. The average molecular weight is 306 g/mol. The summed E-state index contributed by atoms with van der Waals surface area (Å²) in [4.78, 5) is 0.321. The van der Waals surface area contributed by atoms with E-state index in [1.165, 1.54) is 9.87 Å². The molecule has 0 unspecified atom stereocenters. The van der Waals surface area contributed by atoms with Crippen LogP contribution in [0, 0.1) is 0 Å². The lowest BCUT2D eigenvalue weighted by molar-refractivity contribution is 0.463. The fourth-order valence-corrected chi connectivity index (χ4v) is 3.69. The van der Waals surface area contributed by atoms with Gasteiger partial charge in [0.2, 0.25) is 10.0 Å². The summed E-state index contributed by atoms with van der Waals surface area (Å²) in [5.41, 5.74) is 2.94. The minimum absolute atomic E-state index is 0.295. The quantitative estimate of drug-likeness (QED) is 0.942. The first kappa shape index (κ1) is 14.2. The van der Waals surface area contributed by atoms with E-state index in [2.05, 4.69) is 5.32 Å². The summed E-state index contributed by atoms with van der Waals surface area (Å²) in [7, 11) is -1.92. The van der Waals surface area contributed by atoms with Crippen molar-refractivity contribution in [3.05, 3.63) is 47.9 Å². The second-order valence-corrected chi connectivity index (χ2v) is 7.29. The van der Waals surface area contributed by atoms with E-state index in [0.29, 0.717) is 11.4 Å². The largest absolute Gasteiger partial charge is 0.472 e. The number of aryl methyl sites for hydroxylation is 1. The van der Waals surface area contributed by atoms with E-state index in [-0.39, 0.29) is 0 Å². The molecule has 0 fully saturated rings. The molecule has 3 rings (SSSR count). The van der Waals surface area contributed by atoms with Crippen LogP contribution in [0.5, 0.6) is 0 Å². The van der Waals surface area contributed by atoms with Gasteiger partial charge in [0.05, 0.1) is 17.4 Å². The SMILES string of the molecule is CN(Cc1ccoc1)S(=O)(=O)c1ccc2c(c1)NCCC2. The highest BCUT2D eigenvalue weighted by Gasteiger charge is 2.23. The Morgan fingerprint density at radius 2 is 2.19 bits per heavy atom. The number of nitrogens with zero attached hydrogens (tertiary/aromatic N) is 1. The maximum absolute atomic E-state index is 12.6. The van der Waals surface area contributed by atoms with Crippen LogP contribution in [-0.2, 0) is 23.0 Å². The molecule has 0 saturated heterocycles. The summed E-state index contributed by atoms with van der Waals surface area (Å²) < 4.78 is 31.5. The maximum atomic E-state index is 12.6. The molecule has 0 saturated carbocycles. The molecule has 0 bridgehead atoms. The van der Waals surface area contributed by atoms with Crippen molar-refractivity contribution in [2.24, 2.45) is 0 Å². The number of fused-ring (bicyclic) bond motifs is 1. The molecule has 0 spiro atoms. The molecular weight excluding hydrogens is 288 g/mol. The van der Waals surface area contributed by atoms with Gasteiger partial charge in [-0.05, 0) is 36.6 Å². The number of nitrogens with one attached hydrogen (secondary N) is 1. The lowest BCUT2D eigenvalue weighted by Crippen LogP contribution is -2.26. The third-order valence-corrected chi connectivity index (χ3v) is 5.51. The highest BCUT2D eigenvalue weighted by Crippen LogP contribution is 2.26. The van der Waals surface area contributed by atoms with Crippen molar-refractivity contribution in [1.82, 2.24) is 4.31 Å². The molecule has 1 aromatic heterocycles. The molecule has 2 heterocycles. The summed E-state index contributed by atoms with van der Waals surface area (Å²) in [6.07, 6.45) is 5.17. The van der Waals surface area contributed by atoms with E-state index in [1.54, 1.807) is 37.8 Å². The summed E-state index contributed by atoms with van der Waals surface area (Å²) in [6.45, 7) is 1.19. The molecule has 6 heteroatoms. The van der Waals surface area contributed by atoms with Gasteiger partial charge in [-0.1, -0.05) is 6.07 Å². The summed E-state index contributed by atoms with van der Waals surface area (Å²) in [5.74, 6) is 0. The van der Waals surface area contributed by atoms with Gasteiger partial charge in [0.1, 0.15) is 0 Å². The second-order valence-electron chi connectivity index (χ2n) is 5.24. The lowest BCUT2D eigenvalue weighted by atomic mass is 10.0. The van der Waals surface area contributed by atoms with Gasteiger partial charge in [0, 0.05) is 31.4 Å². The van der Waals surface area contributed by atoms with Gasteiger partial charge in [0.15, 0.2) is 0 Å². The molecule has 112 valence electrons. The molecule has 1 aliphatic rings. The zero-order chi connectivity index (χ0) is 14.9. The van der Waals surface area contributed by atoms with Crippen LogP contribution in [-0.4, -0.2) is 26.3 Å². The van der Waals surface area contributed by atoms with Crippen molar-refractivity contribution in [1.29, 1.82) is 0 Å². The molecule has 0 radical (unpaired) electrons. The van der Waals surface area contributed by atoms with E-state index in [0.717, 1.165) is 30.6 Å². The molecule has 1 aliphatic heterocycles. The monoisotopic (exact) mass is 306 g/mol. The summed E-state index contributed by atoms with van der Waals surface area (Å²) >= 11 is 0. The van der Waals surface area contributed by atoms with E-state index in [1.807, 2.05) is 6.07 Å². The van der Waals surface area contributed by atoms with Gasteiger partial charge < -0.3 is 9.73 Å². The normalized spacial score (nSPS) is 14.8. The third kappa shape index (κ3) is 2.82. The van der Waals surface area contributed by atoms with Crippen LogP contribution < -0.4 is 5.32 Å². The average Bonchev–Trinajstić information content (AvgIpc) is 2.99. The number of sulfonamides is 1. The predicted octanol–water partition coefficient (Wildman–Crippen LogP) is 2.46. The van der Waals surface area contributed by atoms with Crippen LogP contribution in [0.4, 0.5) is 5.69 Å². The number of hydrogen-bond donors (Lipinski definition) is 1. The number of rotatable bonds is 4. The Labute approximate surface area is 124 Å². The van der Waals surface area contributed by atoms with E-state index in [4.69, 9.17) is 4.42 Å². The molecule has 2 aromatic rings. The minimum Gasteiger partial charge on any atom is -0.472 e. The highest BCUT2D eigenvalue weighted by molar-refractivity contribution is 7.89. The molecule has 5 nitrogen and oxygen atoms in total. The second kappa shape index (κ2) is 5.54. The third-order valence-electron chi connectivity index (χ3n) is 3.71. The first-order valence-electron chi connectivity index (χ1n) is 6.91. The Kier molecular flexibility index (Phi) is 3.73. The minimum atomic E-state index is -3.50. The molecular formula is C15H18N2O3S. The maximum Gasteiger partial charge on any atom is 0.243 e. The topological polar surface area (TPSA) is 62.6 Å². The van der Waals surface area contributed by atoms with E-state index >= 15 is 0 Å². The van der Waals surface area contributed by atoms with Crippen LogP contribution in [0.1, 0.15) is 17.5 Å². The number of benzene rings is 1. The van der Waals surface area contributed by atoms with Gasteiger partial charge in [-0.25, -0.2) is 8.42 Å². The molecule has 1 N–H and O–H groups in total. The van der Waals surface area contributed by atoms with Crippen molar-refractivity contribution < 1.29 is 12.8 Å². The zero-order valence-electron chi connectivity index (χ0n) is 11.9. The van der Waals surface area contributed by atoms with Crippen molar-refractivity contribution >= 4 is 15.7 Å². The molecule has 0 atom stereocenters. The van der Waals surface area contributed by atoms with Gasteiger partial charge in [-0.15, -0.1) is 0 Å². The molecule has 0 aliphatic carbocycles. The van der Waals surface area contributed by atoms with E-state index < -0.39 is 10.0 Å². The van der Waals surface area contributed by atoms with Gasteiger partial charge in [-0.3, -0.25) is 0 Å². The number of furan rings is 1. The Bertz CT molecular complexity index is 723.